The summed E-state index contributed by atoms with van der Waals surface area (Å²) < 4.78 is 44.7. The quantitative estimate of drug-likeness (QED) is 0.519. The summed E-state index contributed by atoms with van der Waals surface area (Å²) >= 11 is 0. The van der Waals surface area contributed by atoms with Gasteiger partial charge in [-0.1, -0.05) is 36.4 Å². The number of aryl methyl sites for hydroxylation is 1. The van der Waals surface area contributed by atoms with E-state index in [9.17, 15) is 27.9 Å². The van der Waals surface area contributed by atoms with Gasteiger partial charge in [-0.3, -0.25) is 9.59 Å². The average molecular weight is 458 g/mol. The van der Waals surface area contributed by atoms with Gasteiger partial charge in [0, 0.05) is 5.56 Å². The smallest absolute Gasteiger partial charge is 0.416 e. The van der Waals surface area contributed by atoms with Crippen LogP contribution >= 0.6 is 0 Å². The molecule has 6 nitrogen and oxygen atoms in total. The van der Waals surface area contributed by atoms with E-state index in [1.807, 2.05) is 0 Å². The zero-order chi connectivity index (χ0) is 24.2. The molecule has 3 rings (SSSR count). The van der Waals surface area contributed by atoms with Gasteiger partial charge in [0.25, 0.3) is 5.91 Å². The molecule has 0 bridgehead atoms. The van der Waals surface area contributed by atoms with Gasteiger partial charge in [0.15, 0.2) is 0 Å². The Balaban J connectivity index is 1.97. The van der Waals surface area contributed by atoms with Crippen molar-refractivity contribution in [1.29, 1.82) is 0 Å². The number of amides is 1. The van der Waals surface area contributed by atoms with Gasteiger partial charge in [-0.25, -0.2) is 4.98 Å². The number of nitrogens with zero attached hydrogens (tertiary/aromatic N) is 1. The summed E-state index contributed by atoms with van der Waals surface area (Å²) in [6.07, 6.45) is -4.90. The Morgan fingerprint density at radius 3 is 2.45 bits per heavy atom. The molecular weight excluding hydrogens is 437 g/mol. The van der Waals surface area contributed by atoms with Crippen LogP contribution in [0.1, 0.15) is 39.6 Å². The molecule has 1 aromatic heterocycles. The molecule has 0 aliphatic carbocycles. The second kappa shape index (κ2) is 9.72. The van der Waals surface area contributed by atoms with Crippen LogP contribution in [0.25, 0.3) is 11.3 Å². The third-order valence-corrected chi connectivity index (χ3v) is 5.02. The van der Waals surface area contributed by atoms with E-state index in [1.165, 1.54) is 31.4 Å². The Hall–Kier alpha value is -3.88. The van der Waals surface area contributed by atoms with Crippen LogP contribution in [-0.2, 0) is 11.0 Å². The van der Waals surface area contributed by atoms with Crippen LogP contribution in [-0.4, -0.2) is 29.1 Å². The fourth-order valence-corrected chi connectivity index (χ4v) is 3.41. The normalized spacial score (nSPS) is 12.2. The van der Waals surface area contributed by atoms with Crippen LogP contribution in [0.2, 0.25) is 0 Å². The minimum atomic E-state index is -4.55. The summed E-state index contributed by atoms with van der Waals surface area (Å²) in [4.78, 5) is 28.5. The summed E-state index contributed by atoms with van der Waals surface area (Å²) in [5.41, 5.74) is 0.669. The number of aromatic nitrogens is 1. The number of carboxylic acids is 1. The molecule has 0 fully saturated rings. The number of pyridine rings is 1. The summed E-state index contributed by atoms with van der Waals surface area (Å²) in [7, 11) is 1.34. The van der Waals surface area contributed by atoms with Gasteiger partial charge in [-0.05, 0) is 42.3 Å². The summed E-state index contributed by atoms with van der Waals surface area (Å²) in [5, 5.41) is 12.0. The van der Waals surface area contributed by atoms with Crippen molar-refractivity contribution in [3.05, 3.63) is 83.0 Å². The zero-order valence-corrected chi connectivity index (χ0v) is 17.8. The molecular formula is C24H21F3N2O4. The number of hydrogen-bond acceptors (Lipinski definition) is 4. The van der Waals surface area contributed by atoms with Gasteiger partial charge in [0.1, 0.15) is 17.1 Å². The molecule has 3 aromatic rings. The lowest BCUT2D eigenvalue weighted by molar-refractivity contribution is -0.138. The van der Waals surface area contributed by atoms with Gasteiger partial charge in [0.05, 0.1) is 25.1 Å². The lowest BCUT2D eigenvalue weighted by Gasteiger charge is -2.19. The molecule has 1 unspecified atom stereocenters. The number of carbonyl (C=O) groups excluding carboxylic acids is 1. The molecule has 1 heterocycles. The largest absolute Gasteiger partial charge is 0.494 e. The predicted molar refractivity (Wildman–Crippen MR) is 115 cm³/mol. The highest BCUT2D eigenvalue weighted by Crippen LogP contribution is 2.34. The molecule has 172 valence electrons. The van der Waals surface area contributed by atoms with E-state index in [4.69, 9.17) is 4.74 Å². The topological polar surface area (TPSA) is 88.5 Å². The van der Waals surface area contributed by atoms with Gasteiger partial charge in [0.2, 0.25) is 0 Å². The van der Waals surface area contributed by atoms with Crippen molar-refractivity contribution in [3.8, 4) is 17.0 Å². The number of methoxy groups -OCH3 is 1. The molecule has 2 aromatic carbocycles. The van der Waals surface area contributed by atoms with Crippen LogP contribution in [0.3, 0.4) is 0 Å². The number of ether oxygens (including phenoxy) is 1. The maximum absolute atomic E-state index is 13.2. The van der Waals surface area contributed by atoms with Crippen LogP contribution < -0.4 is 10.1 Å². The molecule has 33 heavy (non-hydrogen) atoms. The molecule has 9 heteroatoms. The van der Waals surface area contributed by atoms with Crippen LogP contribution in [0.5, 0.6) is 5.75 Å². The number of benzene rings is 2. The maximum atomic E-state index is 13.2. The lowest BCUT2D eigenvalue weighted by Crippen LogP contribution is -2.31. The summed E-state index contributed by atoms with van der Waals surface area (Å²) in [6.45, 7) is 1.80. The highest BCUT2D eigenvalue weighted by molar-refractivity contribution is 5.93. The molecule has 0 spiro atoms. The summed E-state index contributed by atoms with van der Waals surface area (Å²) in [5.74, 6) is -1.58. The summed E-state index contributed by atoms with van der Waals surface area (Å²) in [6, 6.07) is 13.6. The Bertz CT molecular complexity index is 1180. The Kier molecular flexibility index (Phi) is 7.01. The van der Waals surface area contributed by atoms with E-state index >= 15 is 0 Å². The number of halogens is 3. The minimum absolute atomic E-state index is 0.0573. The Morgan fingerprint density at radius 1 is 1.09 bits per heavy atom. The van der Waals surface area contributed by atoms with E-state index in [1.54, 1.807) is 31.2 Å². The standard InChI is InChI=1S/C24H21F3N2O4/c1-14-6-3-4-9-17(14)19(13-21(30)31)29-23(32)18-10-11-20(33-2)22(28-18)15-7-5-8-16(12-15)24(25,26)27/h3-12,19H,13H2,1-2H3,(H,29,32)(H,30,31). The molecule has 0 aliphatic rings. The van der Waals surface area contributed by atoms with Gasteiger partial charge in [-0.2, -0.15) is 13.2 Å². The van der Waals surface area contributed by atoms with Crippen molar-refractivity contribution in [2.75, 3.05) is 7.11 Å². The van der Waals surface area contributed by atoms with Gasteiger partial charge >= 0.3 is 12.1 Å². The zero-order valence-electron chi connectivity index (χ0n) is 17.8. The monoisotopic (exact) mass is 458 g/mol. The third kappa shape index (κ3) is 5.68. The van der Waals surface area contributed by atoms with E-state index in [2.05, 4.69) is 10.3 Å². The lowest BCUT2D eigenvalue weighted by atomic mass is 9.98. The van der Waals surface area contributed by atoms with E-state index in [0.29, 0.717) is 5.56 Å². The van der Waals surface area contributed by atoms with Crippen molar-refractivity contribution in [3.63, 3.8) is 0 Å². The first kappa shape index (κ1) is 23.8. The molecule has 2 N–H and O–H groups in total. The van der Waals surface area contributed by atoms with E-state index in [0.717, 1.165) is 17.7 Å². The average Bonchev–Trinajstić information content (AvgIpc) is 2.77. The molecule has 0 aliphatic heterocycles. The first-order chi connectivity index (χ1) is 15.6. The molecule has 1 amide bonds. The van der Waals surface area contributed by atoms with Crippen molar-refractivity contribution < 1.29 is 32.6 Å². The third-order valence-electron chi connectivity index (χ3n) is 5.02. The SMILES string of the molecule is COc1ccc(C(=O)NC(CC(=O)O)c2ccccc2C)nc1-c1cccc(C(F)(F)F)c1. The minimum Gasteiger partial charge on any atom is -0.494 e. The number of carbonyl (C=O) groups is 2. The Morgan fingerprint density at radius 2 is 1.82 bits per heavy atom. The highest BCUT2D eigenvalue weighted by atomic mass is 19.4. The highest BCUT2D eigenvalue weighted by Gasteiger charge is 2.31. The first-order valence-corrected chi connectivity index (χ1v) is 9.91. The molecule has 1 atom stereocenters. The number of hydrogen-bond donors (Lipinski definition) is 2. The number of alkyl halides is 3. The van der Waals surface area contributed by atoms with Crippen LogP contribution in [0, 0.1) is 6.92 Å². The fourth-order valence-electron chi connectivity index (χ4n) is 3.41. The first-order valence-electron chi connectivity index (χ1n) is 9.91. The number of carboxylic acid groups (broad SMARTS) is 1. The van der Waals surface area contributed by atoms with E-state index in [-0.39, 0.29) is 29.1 Å². The second-order valence-electron chi connectivity index (χ2n) is 7.31. The van der Waals surface area contributed by atoms with Crippen LogP contribution in [0.15, 0.2) is 60.7 Å². The number of aliphatic carboxylic acids is 1. The van der Waals surface area contributed by atoms with Crippen molar-refractivity contribution in [2.45, 2.75) is 25.6 Å². The fraction of sp³-hybridized carbons (Fsp3) is 0.208. The second-order valence-corrected chi connectivity index (χ2v) is 7.31. The number of nitrogens with one attached hydrogen (secondary N) is 1. The number of rotatable bonds is 7. The predicted octanol–water partition coefficient (Wildman–Crippen LogP) is 5.03. The Labute approximate surface area is 188 Å². The van der Waals surface area contributed by atoms with Crippen molar-refractivity contribution in [1.82, 2.24) is 10.3 Å². The molecule has 0 saturated carbocycles. The molecule has 0 saturated heterocycles. The van der Waals surface area contributed by atoms with Gasteiger partial charge < -0.3 is 15.2 Å². The molecule has 0 radical (unpaired) electrons. The van der Waals surface area contributed by atoms with Crippen molar-refractivity contribution in [2.24, 2.45) is 0 Å². The maximum Gasteiger partial charge on any atom is 0.416 e. The van der Waals surface area contributed by atoms with Crippen molar-refractivity contribution >= 4 is 11.9 Å². The van der Waals surface area contributed by atoms with Gasteiger partial charge in [-0.15, -0.1) is 0 Å². The van der Waals surface area contributed by atoms with E-state index < -0.39 is 29.7 Å². The van der Waals surface area contributed by atoms with Crippen LogP contribution in [0.4, 0.5) is 13.2 Å².